The molecule has 140 valence electrons. The van der Waals surface area contributed by atoms with Crippen LogP contribution in [0.15, 0.2) is 84.4 Å². The highest BCUT2D eigenvalue weighted by Crippen LogP contribution is 2.26. The molecule has 0 bridgehead atoms. The number of ether oxygens (including phenoxy) is 1. The number of thiazole rings is 1. The molecule has 0 saturated carbocycles. The van der Waals surface area contributed by atoms with Crippen LogP contribution in [0, 0.1) is 0 Å². The van der Waals surface area contributed by atoms with E-state index in [2.05, 4.69) is 46.0 Å². The number of nitrogens with zero attached hydrogens (tertiary/aromatic N) is 2. The van der Waals surface area contributed by atoms with E-state index >= 15 is 0 Å². The zero-order chi connectivity index (χ0) is 19.2. The molecule has 4 aromatic rings. The molecule has 4 nitrogen and oxygen atoms in total. The van der Waals surface area contributed by atoms with Gasteiger partial charge >= 0.3 is 0 Å². The van der Waals surface area contributed by atoms with Crippen molar-refractivity contribution in [2.24, 2.45) is 0 Å². The van der Waals surface area contributed by atoms with Gasteiger partial charge in [-0.3, -0.25) is 10.3 Å². The second kappa shape index (κ2) is 8.78. The van der Waals surface area contributed by atoms with E-state index in [1.54, 1.807) is 18.4 Å². The molecule has 0 saturated heterocycles. The average Bonchev–Trinajstić information content (AvgIpc) is 3.24. The second-order valence-corrected chi connectivity index (χ2v) is 7.21. The summed E-state index contributed by atoms with van der Waals surface area (Å²) in [6.07, 6.45) is 1.83. The lowest BCUT2D eigenvalue weighted by molar-refractivity contribution is 0.415. The van der Waals surface area contributed by atoms with Gasteiger partial charge in [0.25, 0.3) is 0 Å². The fourth-order valence-corrected chi connectivity index (χ4v) is 3.87. The standard InChI is InChI=1S/C23H21N3OS/c1-27-20-12-10-18(11-13-20)23-26-19(16-28-23)15-25-22(17-7-3-2-4-8-17)21-9-5-6-14-24-21/h2-14,16,22,25H,15H2,1H3. The molecule has 0 fully saturated rings. The first kappa shape index (κ1) is 18.3. The van der Waals surface area contributed by atoms with Gasteiger partial charge in [-0.25, -0.2) is 4.98 Å². The van der Waals surface area contributed by atoms with E-state index in [0.29, 0.717) is 6.54 Å². The Bertz CT molecular complexity index is 961. The highest BCUT2D eigenvalue weighted by molar-refractivity contribution is 7.13. The summed E-state index contributed by atoms with van der Waals surface area (Å²) in [5, 5.41) is 6.73. The lowest BCUT2D eigenvalue weighted by atomic mass is 10.0. The Morgan fingerprint density at radius 2 is 1.75 bits per heavy atom. The smallest absolute Gasteiger partial charge is 0.123 e. The number of hydrogen-bond acceptors (Lipinski definition) is 5. The monoisotopic (exact) mass is 387 g/mol. The number of methoxy groups -OCH3 is 1. The number of aromatic nitrogens is 2. The van der Waals surface area contributed by atoms with Gasteiger partial charge in [-0.1, -0.05) is 36.4 Å². The van der Waals surface area contributed by atoms with Gasteiger partial charge < -0.3 is 4.74 Å². The number of pyridine rings is 1. The van der Waals surface area contributed by atoms with Crippen molar-refractivity contribution in [1.29, 1.82) is 0 Å². The van der Waals surface area contributed by atoms with E-state index in [-0.39, 0.29) is 6.04 Å². The van der Waals surface area contributed by atoms with Crippen molar-refractivity contribution in [2.75, 3.05) is 7.11 Å². The van der Waals surface area contributed by atoms with Crippen molar-refractivity contribution >= 4 is 11.3 Å². The Labute approximate surface area is 168 Å². The molecule has 1 atom stereocenters. The summed E-state index contributed by atoms with van der Waals surface area (Å²) in [6.45, 7) is 0.669. The Balaban J connectivity index is 1.51. The van der Waals surface area contributed by atoms with E-state index in [1.807, 2.05) is 48.7 Å². The fourth-order valence-electron chi connectivity index (χ4n) is 3.05. The van der Waals surface area contributed by atoms with Crippen LogP contribution in [0.1, 0.15) is 23.0 Å². The molecule has 0 radical (unpaired) electrons. The van der Waals surface area contributed by atoms with Gasteiger partial charge in [0.1, 0.15) is 10.8 Å². The lowest BCUT2D eigenvalue weighted by Crippen LogP contribution is -2.23. The largest absolute Gasteiger partial charge is 0.497 e. The molecule has 2 aromatic carbocycles. The Morgan fingerprint density at radius 3 is 2.46 bits per heavy atom. The van der Waals surface area contributed by atoms with Crippen molar-refractivity contribution in [3.8, 4) is 16.3 Å². The SMILES string of the molecule is COc1ccc(-c2nc(CNC(c3ccccc3)c3ccccn3)cs2)cc1. The minimum Gasteiger partial charge on any atom is -0.497 e. The van der Waals surface area contributed by atoms with Crippen LogP contribution in [0.3, 0.4) is 0 Å². The molecule has 0 spiro atoms. The number of rotatable bonds is 7. The molecule has 2 aromatic heterocycles. The summed E-state index contributed by atoms with van der Waals surface area (Å²) in [5.41, 5.74) is 4.31. The molecule has 0 amide bonds. The van der Waals surface area contributed by atoms with Gasteiger partial charge in [0, 0.05) is 23.7 Å². The molecule has 1 unspecified atom stereocenters. The third-order valence-corrected chi connectivity index (χ3v) is 5.43. The maximum atomic E-state index is 5.23. The third kappa shape index (κ3) is 4.27. The van der Waals surface area contributed by atoms with Gasteiger partial charge in [-0.2, -0.15) is 0 Å². The van der Waals surface area contributed by atoms with Crippen LogP contribution in [-0.4, -0.2) is 17.1 Å². The highest BCUT2D eigenvalue weighted by atomic mass is 32.1. The van der Waals surface area contributed by atoms with Gasteiger partial charge in [0.2, 0.25) is 0 Å². The molecule has 0 aliphatic heterocycles. The highest BCUT2D eigenvalue weighted by Gasteiger charge is 2.15. The summed E-state index contributed by atoms with van der Waals surface area (Å²) in [5.74, 6) is 0.850. The van der Waals surface area contributed by atoms with Gasteiger partial charge in [-0.15, -0.1) is 11.3 Å². The number of hydrogen-bond donors (Lipinski definition) is 1. The summed E-state index contributed by atoms with van der Waals surface area (Å²) in [4.78, 5) is 9.33. The molecular formula is C23H21N3OS. The minimum absolute atomic E-state index is 0.0218. The number of nitrogens with one attached hydrogen (secondary N) is 1. The molecule has 5 heteroatoms. The molecule has 0 aliphatic rings. The predicted molar refractivity (Wildman–Crippen MR) is 113 cm³/mol. The molecule has 1 N–H and O–H groups in total. The van der Waals surface area contributed by atoms with Crippen molar-refractivity contribution in [3.63, 3.8) is 0 Å². The fraction of sp³-hybridized carbons (Fsp3) is 0.130. The van der Waals surface area contributed by atoms with Crippen LogP contribution in [0.25, 0.3) is 10.6 Å². The maximum absolute atomic E-state index is 5.23. The third-order valence-electron chi connectivity index (χ3n) is 4.49. The topological polar surface area (TPSA) is 47.0 Å². The second-order valence-electron chi connectivity index (χ2n) is 6.35. The first-order valence-corrected chi connectivity index (χ1v) is 9.99. The van der Waals surface area contributed by atoms with Crippen LogP contribution in [0.5, 0.6) is 5.75 Å². The van der Waals surface area contributed by atoms with E-state index in [1.165, 1.54) is 5.56 Å². The Morgan fingerprint density at radius 1 is 0.964 bits per heavy atom. The molecular weight excluding hydrogens is 366 g/mol. The van der Waals surface area contributed by atoms with E-state index < -0.39 is 0 Å². The predicted octanol–water partition coefficient (Wildman–Crippen LogP) is 5.09. The molecule has 28 heavy (non-hydrogen) atoms. The summed E-state index contributed by atoms with van der Waals surface area (Å²) < 4.78 is 5.23. The zero-order valence-electron chi connectivity index (χ0n) is 15.6. The van der Waals surface area contributed by atoms with Crippen LogP contribution in [0.4, 0.5) is 0 Å². The van der Waals surface area contributed by atoms with Gasteiger partial charge in [-0.05, 0) is 42.0 Å². The number of benzene rings is 2. The Kier molecular flexibility index (Phi) is 5.75. The zero-order valence-corrected chi connectivity index (χ0v) is 16.4. The molecule has 0 aliphatic carbocycles. The van der Waals surface area contributed by atoms with Crippen molar-refractivity contribution in [3.05, 3.63) is 101 Å². The van der Waals surface area contributed by atoms with Crippen molar-refractivity contribution < 1.29 is 4.74 Å². The Hall–Kier alpha value is -3.02. The normalized spacial score (nSPS) is 11.9. The minimum atomic E-state index is 0.0218. The van der Waals surface area contributed by atoms with E-state index in [4.69, 9.17) is 9.72 Å². The van der Waals surface area contributed by atoms with Crippen molar-refractivity contribution in [2.45, 2.75) is 12.6 Å². The van der Waals surface area contributed by atoms with Gasteiger partial charge in [0.15, 0.2) is 0 Å². The van der Waals surface area contributed by atoms with Crippen LogP contribution < -0.4 is 10.1 Å². The summed E-state index contributed by atoms with van der Waals surface area (Å²) in [6, 6.07) is 24.4. The quantitative estimate of drug-likeness (QED) is 0.480. The average molecular weight is 388 g/mol. The van der Waals surface area contributed by atoms with E-state index in [0.717, 1.165) is 27.7 Å². The maximum Gasteiger partial charge on any atom is 0.123 e. The van der Waals surface area contributed by atoms with Crippen LogP contribution in [0.2, 0.25) is 0 Å². The van der Waals surface area contributed by atoms with Crippen LogP contribution >= 0.6 is 11.3 Å². The van der Waals surface area contributed by atoms with E-state index in [9.17, 15) is 0 Å². The summed E-state index contributed by atoms with van der Waals surface area (Å²) >= 11 is 1.65. The lowest BCUT2D eigenvalue weighted by Gasteiger charge is -2.18. The van der Waals surface area contributed by atoms with Crippen molar-refractivity contribution in [1.82, 2.24) is 15.3 Å². The molecule has 2 heterocycles. The first-order chi connectivity index (χ1) is 13.8. The van der Waals surface area contributed by atoms with Gasteiger partial charge in [0.05, 0.1) is 24.5 Å². The molecule has 4 rings (SSSR count). The first-order valence-electron chi connectivity index (χ1n) is 9.11. The summed E-state index contributed by atoms with van der Waals surface area (Å²) in [7, 11) is 1.67. The van der Waals surface area contributed by atoms with Crippen LogP contribution in [-0.2, 0) is 6.54 Å².